The summed E-state index contributed by atoms with van der Waals surface area (Å²) in [5.41, 5.74) is 0.174. The molecule has 1 aromatic rings. The maximum Gasteiger partial charge on any atom is 0.407 e. The maximum absolute atomic E-state index is 13.2. The Morgan fingerprint density at radius 1 is 0.806 bits per heavy atom. The van der Waals surface area contributed by atoms with Crippen molar-refractivity contribution in [3.63, 3.8) is 0 Å². The van der Waals surface area contributed by atoms with Gasteiger partial charge in [0, 0.05) is 32.4 Å². The number of alkyl carbamates (subject to hydrolysis) is 1. The smallest absolute Gasteiger partial charge is 0.407 e. The molecule has 382 valence electrons. The molecule has 0 radical (unpaired) electrons. The van der Waals surface area contributed by atoms with Gasteiger partial charge in [0.1, 0.15) is 85.2 Å². The van der Waals surface area contributed by atoms with E-state index in [-0.39, 0.29) is 29.6 Å². The van der Waals surface area contributed by atoms with E-state index in [0.29, 0.717) is 25.7 Å². The highest BCUT2D eigenvalue weighted by Crippen LogP contribution is 2.38. The van der Waals surface area contributed by atoms with Crippen molar-refractivity contribution < 1.29 is 118 Å². The van der Waals surface area contributed by atoms with E-state index in [4.69, 9.17) is 33.2 Å². The van der Waals surface area contributed by atoms with E-state index in [1.165, 1.54) is 19.2 Å². The average molecular weight is 969 g/mol. The van der Waals surface area contributed by atoms with Gasteiger partial charge in [-0.2, -0.15) is 0 Å². The van der Waals surface area contributed by atoms with E-state index in [0.717, 1.165) is 32.3 Å². The number of amides is 2. The fraction of sp³-hybridized carbons (Fsp3) is 0.756. The van der Waals surface area contributed by atoms with Gasteiger partial charge in [-0.3, -0.25) is 9.59 Å². The van der Waals surface area contributed by atoms with Crippen LogP contribution in [0.3, 0.4) is 0 Å². The summed E-state index contributed by atoms with van der Waals surface area (Å²) < 4.78 is 44.7. The molecule has 3 saturated heterocycles. The van der Waals surface area contributed by atoms with Gasteiger partial charge >= 0.3 is 18.0 Å². The Morgan fingerprint density at radius 2 is 1.43 bits per heavy atom. The Bertz CT molecular complexity index is 1720. The zero-order chi connectivity index (χ0) is 49.6. The quantitative estimate of drug-likeness (QED) is 0.0347. The number of phenolic OH excluding ortho intramolecular Hbond substituents is 2. The molecule has 0 saturated carbocycles. The number of carboxylic acids is 1. The summed E-state index contributed by atoms with van der Waals surface area (Å²) in [6.45, 7) is -2.45. The van der Waals surface area contributed by atoms with Crippen molar-refractivity contribution in [1.29, 1.82) is 0 Å². The summed E-state index contributed by atoms with van der Waals surface area (Å²) in [5, 5.41) is 132. The number of aliphatic hydroxyl groups excluding tert-OH is 9. The molecular formula is C41H64N2O24. The third kappa shape index (κ3) is 14.9. The molecule has 3 aliphatic rings. The predicted molar refractivity (Wildman–Crippen MR) is 219 cm³/mol. The van der Waals surface area contributed by atoms with Crippen LogP contribution in [0.4, 0.5) is 4.79 Å². The maximum atomic E-state index is 13.2. The number of carboxylic acid groups (broad SMARTS) is 1. The van der Waals surface area contributed by atoms with Crippen molar-refractivity contribution >= 4 is 23.9 Å². The van der Waals surface area contributed by atoms with Crippen LogP contribution in [0.15, 0.2) is 18.2 Å². The van der Waals surface area contributed by atoms with Crippen molar-refractivity contribution in [2.24, 2.45) is 0 Å². The molecule has 11 unspecified atom stereocenters. The van der Waals surface area contributed by atoms with Crippen LogP contribution >= 0.6 is 0 Å². The number of carbonyl (C=O) groups excluding carboxylic acids is 3. The first kappa shape index (κ1) is 55.5. The first-order chi connectivity index (χ1) is 31.8. The van der Waals surface area contributed by atoms with Gasteiger partial charge in [0.05, 0.1) is 39.1 Å². The molecule has 14 N–H and O–H groups in total. The second-order valence-electron chi connectivity index (χ2n) is 16.4. The number of esters is 1. The highest BCUT2D eigenvalue weighted by Gasteiger charge is 2.60. The number of carbonyl (C=O) groups is 4. The third-order valence-electron chi connectivity index (χ3n) is 11.4. The summed E-state index contributed by atoms with van der Waals surface area (Å²) in [6, 6.07) is 0.293. The number of aliphatic carboxylic acids is 1. The van der Waals surface area contributed by atoms with Crippen LogP contribution in [0.5, 0.6) is 11.5 Å². The lowest BCUT2D eigenvalue weighted by atomic mass is 9.88. The molecule has 1 aromatic carbocycles. The van der Waals surface area contributed by atoms with Gasteiger partial charge in [-0.05, 0) is 30.5 Å². The number of phenols is 2. The fourth-order valence-corrected chi connectivity index (χ4v) is 7.91. The first-order valence-corrected chi connectivity index (χ1v) is 21.7. The number of nitrogens with one attached hydrogen (secondary N) is 2. The standard InChI is InChI=1S/C41H64N2O24/c1-19(47)42-28-23(50)14-41(39(57)58,66-35(28)30(53)24(51)15-44)67-36-31(54)25(16-45)63-38(33(36)56)65-34-26(17-46)64-37(61-10-8-6-4-3-5-7-9-27(52)60-2)29(32(34)55)43-40(59)62-18-20-11-21(48)13-22(49)12-20/h11-13,23-26,28-38,44-46,48-51,53-56H,3-10,14-18H2,1-2H3,(H,42,47)(H,43,59)(H,57,58)/t23?,24?,25?,26?,28-,29?,30?,31+,32?,33?,34-,35?,36?,37-,38?,41+/m1/s1. The van der Waals surface area contributed by atoms with Crippen molar-refractivity contribution in [2.75, 3.05) is 33.5 Å². The SMILES string of the molecule is COC(=O)CCCCCCCCO[C@@H]1OC(CO)[C@@H](OC2OC(CO)[C@H](O)C(O[C@]3(C(=O)O)CC(O)[C@@H](NC(C)=O)C(C(O)C(O)CO)O3)C2O)C(O)C1NC(=O)OCc1cc(O)cc(O)c1. The van der Waals surface area contributed by atoms with Crippen LogP contribution < -0.4 is 10.6 Å². The minimum absolute atomic E-state index is 0.0169. The number of unbranched alkanes of at least 4 members (excludes halogenated alkanes) is 5. The van der Waals surface area contributed by atoms with Crippen LogP contribution in [0.2, 0.25) is 0 Å². The number of rotatable bonds is 24. The van der Waals surface area contributed by atoms with Gasteiger partial charge < -0.3 is 110 Å². The number of benzene rings is 1. The summed E-state index contributed by atoms with van der Waals surface area (Å²) in [5.74, 6) is -6.84. The Labute approximate surface area is 383 Å². The minimum Gasteiger partial charge on any atom is -0.508 e. The second kappa shape index (κ2) is 26.0. The lowest BCUT2D eigenvalue weighted by molar-refractivity contribution is -0.382. The molecule has 3 heterocycles. The summed E-state index contributed by atoms with van der Waals surface area (Å²) >= 11 is 0. The van der Waals surface area contributed by atoms with Gasteiger partial charge in [-0.25, -0.2) is 9.59 Å². The topological polar surface area (TPSA) is 409 Å². The lowest BCUT2D eigenvalue weighted by Gasteiger charge is -2.50. The molecule has 67 heavy (non-hydrogen) atoms. The van der Waals surface area contributed by atoms with Gasteiger partial charge in [0.15, 0.2) is 12.6 Å². The molecular weight excluding hydrogens is 904 g/mol. The van der Waals surface area contributed by atoms with Gasteiger partial charge in [-0.1, -0.05) is 25.7 Å². The van der Waals surface area contributed by atoms with Crippen LogP contribution in [0.1, 0.15) is 63.9 Å². The summed E-state index contributed by atoms with van der Waals surface area (Å²) in [7, 11) is 1.31. The van der Waals surface area contributed by atoms with Gasteiger partial charge in [-0.15, -0.1) is 0 Å². The normalized spacial score (nSPS) is 33.0. The molecule has 0 spiro atoms. The Hall–Kier alpha value is -4.10. The van der Waals surface area contributed by atoms with E-state index < -0.39 is 148 Å². The number of aromatic hydroxyl groups is 2. The Morgan fingerprint density at radius 3 is 2.03 bits per heavy atom. The monoisotopic (exact) mass is 968 g/mol. The summed E-state index contributed by atoms with van der Waals surface area (Å²) in [4.78, 5) is 49.5. The molecule has 4 rings (SSSR count). The fourth-order valence-electron chi connectivity index (χ4n) is 7.91. The third-order valence-corrected chi connectivity index (χ3v) is 11.4. The van der Waals surface area contributed by atoms with E-state index in [1.807, 2.05) is 0 Å². The molecule has 2 amide bonds. The van der Waals surface area contributed by atoms with E-state index >= 15 is 0 Å². The average Bonchev–Trinajstić information content (AvgIpc) is 3.28. The van der Waals surface area contributed by atoms with Crippen molar-refractivity contribution in [3.8, 4) is 11.5 Å². The zero-order valence-corrected chi connectivity index (χ0v) is 36.9. The molecule has 0 aromatic heterocycles. The number of aliphatic hydroxyl groups is 9. The number of hydrogen-bond donors (Lipinski definition) is 14. The predicted octanol–water partition coefficient (Wildman–Crippen LogP) is -3.95. The number of methoxy groups -OCH3 is 1. The summed E-state index contributed by atoms with van der Waals surface area (Å²) in [6.07, 6.45) is -23.0. The highest BCUT2D eigenvalue weighted by atomic mass is 16.8. The Balaban J connectivity index is 1.56. The van der Waals surface area contributed by atoms with E-state index in [2.05, 4.69) is 15.4 Å². The van der Waals surface area contributed by atoms with E-state index in [9.17, 15) is 80.5 Å². The minimum atomic E-state index is -3.10. The van der Waals surface area contributed by atoms with Crippen molar-refractivity contribution in [1.82, 2.24) is 10.6 Å². The van der Waals surface area contributed by atoms with Crippen molar-refractivity contribution in [3.05, 3.63) is 23.8 Å². The van der Waals surface area contributed by atoms with Crippen molar-refractivity contribution in [2.45, 2.75) is 162 Å². The highest BCUT2D eigenvalue weighted by molar-refractivity contribution is 5.76. The first-order valence-electron chi connectivity index (χ1n) is 21.7. The largest absolute Gasteiger partial charge is 0.508 e. The van der Waals surface area contributed by atoms with Crippen LogP contribution in [0.25, 0.3) is 0 Å². The molecule has 0 bridgehead atoms. The number of ether oxygens (including phenoxy) is 8. The van der Waals surface area contributed by atoms with Gasteiger partial charge in [0.2, 0.25) is 5.91 Å². The van der Waals surface area contributed by atoms with Crippen LogP contribution in [-0.4, -0.2) is 216 Å². The van der Waals surface area contributed by atoms with Gasteiger partial charge in [0.25, 0.3) is 5.79 Å². The molecule has 3 aliphatic heterocycles. The lowest BCUT2D eigenvalue weighted by Crippen LogP contribution is -2.71. The molecule has 0 aliphatic carbocycles. The Kier molecular flexibility index (Phi) is 21.6. The number of hydrogen-bond acceptors (Lipinski definition) is 23. The van der Waals surface area contributed by atoms with Crippen LogP contribution in [-0.2, 0) is 58.9 Å². The molecule has 16 atom stereocenters. The molecule has 26 nitrogen and oxygen atoms in total. The molecule has 26 heteroatoms. The zero-order valence-electron chi connectivity index (χ0n) is 36.9. The van der Waals surface area contributed by atoms with Crippen LogP contribution in [0, 0.1) is 0 Å². The second-order valence-corrected chi connectivity index (χ2v) is 16.4. The van der Waals surface area contributed by atoms with E-state index in [1.54, 1.807) is 0 Å². The molecule has 3 fully saturated rings.